The van der Waals surface area contributed by atoms with Crippen molar-refractivity contribution in [1.29, 1.82) is 0 Å². The second kappa shape index (κ2) is 7.95. The number of hydrogen-bond acceptors (Lipinski definition) is 2. The first-order valence-corrected chi connectivity index (χ1v) is 8.66. The van der Waals surface area contributed by atoms with Crippen LogP contribution in [0.3, 0.4) is 0 Å². The van der Waals surface area contributed by atoms with Crippen LogP contribution in [0.5, 0.6) is 0 Å². The molecule has 1 aromatic carbocycles. The Balaban J connectivity index is 1.92. The fraction of sp³-hybridized carbons (Fsp3) is 0.684. The van der Waals surface area contributed by atoms with E-state index in [4.69, 9.17) is 5.84 Å². The molecule has 0 saturated heterocycles. The summed E-state index contributed by atoms with van der Waals surface area (Å²) in [7, 11) is 0. The predicted octanol–water partition coefficient (Wildman–Crippen LogP) is 4.28. The van der Waals surface area contributed by atoms with Gasteiger partial charge in [-0.3, -0.25) is 11.3 Å². The van der Waals surface area contributed by atoms with Crippen LogP contribution in [-0.4, -0.2) is 6.04 Å². The Morgan fingerprint density at radius 3 is 2.43 bits per heavy atom. The van der Waals surface area contributed by atoms with E-state index in [1.807, 2.05) is 0 Å². The summed E-state index contributed by atoms with van der Waals surface area (Å²) >= 11 is 0. The molecular weight excluding hydrogens is 256 g/mol. The minimum atomic E-state index is 0.426. The van der Waals surface area contributed by atoms with E-state index in [9.17, 15) is 0 Å². The van der Waals surface area contributed by atoms with Gasteiger partial charge in [-0.25, -0.2) is 0 Å². The lowest BCUT2D eigenvalue weighted by atomic mass is 9.76. The smallest absolute Gasteiger partial charge is 0.0279 e. The summed E-state index contributed by atoms with van der Waals surface area (Å²) in [5, 5.41) is 0. The monoisotopic (exact) mass is 288 g/mol. The lowest BCUT2D eigenvalue weighted by Crippen LogP contribution is -2.43. The van der Waals surface area contributed by atoms with Crippen molar-refractivity contribution in [3.05, 3.63) is 34.9 Å². The van der Waals surface area contributed by atoms with Gasteiger partial charge in [0, 0.05) is 6.04 Å². The molecular formula is C19H32N2. The maximum Gasteiger partial charge on any atom is 0.0279 e. The molecule has 21 heavy (non-hydrogen) atoms. The van der Waals surface area contributed by atoms with Crippen LogP contribution in [0.25, 0.3) is 0 Å². The molecule has 0 bridgehead atoms. The van der Waals surface area contributed by atoms with Gasteiger partial charge in [-0.2, -0.15) is 0 Å². The molecule has 1 fully saturated rings. The fourth-order valence-corrected chi connectivity index (χ4v) is 3.83. The fourth-order valence-electron chi connectivity index (χ4n) is 3.83. The third-order valence-corrected chi connectivity index (χ3v) is 5.40. The zero-order valence-corrected chi connectivity index (χ0v) is 14.0. The topological polar surface area (TPSA) is 38.0 Å². The van der Waals surface area contributed by atoms with Gasteiger partial charge in [-0.1, -0.05) is 50.8 Å². The molecule has 1 saturated carbocycles. The summed E-state index contributed by atoms with van der Waals surface area (Å²) in [6.45, 7) is 6.67. The van der Waals surface area contributed by atoms with Gasteiger partial charge in [-0.15, -0.1) is 0 Å². The number of hydrogen-bond donors (Lipinski definition) is 2. The first-order valence-electron chi connectivity index (χ1n) is 8.66. The van der Waals surface area contributed by atoms with Gasteiger partial charge in [0.1, 0.15) is 0 Å². The van der Waals surface area contributed by atoms with E-state index in [1.165, 1.54) is 55.2 Å². The second-order valence-corrected chi connectivity index (χ2v) is 6.97. The summed E-state index contributed by atoms with van der Waals surface area (Å²) in [5.74, 6) is 7.57. The highest BCUT2D eigenvalue weighted by Crippen LogP contribution is 2.34. The number of aryl methyl sites for hydroxylation is 2. The van der Waals surface area contributed by atoms with E-state index in [2.05, 4.69) is 44.4 Å². The quantitative estimate of drug-likeness (QED) is 0.605. The van der Waals surface area contributed by atoms with Crippen molar-refractivity contribution in [2.45, 2.75) is 71.8 Å². The number of benzene rings is 1. The first-order chi connectivity index (χ1) is 10.1. The molecule has 1 atom stereocenters. The van der Waals surface area contributed by atoms with Gasteiger partial charge in [0.15, 0.2) is 0 Å². The average Bonchev–Trinajstić information content (AvgIpc) is 2.50. The Morgan fingerprint density at radius 1 is 1.14 bits per heavy atom. The Morgan fingerprint density at radius 2 is 1.86 bits per heavy atom. The SMILES string of the molecule is CCCC1CCC(C(Cc2ccc(C)c(C)c2)NN)CC1. The largest absolute Gasteiger partial charge is 0.271 e. The van der Waals surface area contributed by atoms with Crippen LogP contribution in [0, 0.1) is 25.7 Å². The van der Waals surface area contributed by atoms with E-state index in [-0.39, 0.29) is 0 Å². The molecule has 1 aliphatic rings. The van der Waals surface area contributed by atoms with E-state index in [0.717, 1.165) is 18.3 Å². The molecule has 2 nitrogen and oxygen atoms in total. The van der Waals surface area contributed by atoms with Crippen molar-refractivity contribution in [3.63, 3.8) is 0 Å². The van der Waals surface area contributed by atoms with E-state index >= 15 is 0 Å². The van der Waals surface area contributed by atoms with Gasteiger partial charge in [-0.05, 0) is 61.6 Å². The van der Waals surface area contributed by atoms with Crippen molar-refractivity contribution in [2.24, 2.45) is 17.7 Å². The first kappa shape index (κ1) is 16.5. The Labute approximate surface area is 130 Å². The summed E-state index contributed by atoms with van der Waals surface area (Å²) < 4.78 is 0. The van der Waals surface area contributed by atoms with E-state index in [0.29, 0.717) is 6.04 Å². The molecule has 3 N–H and O–H groups in total. The lowest BCUT2D eigenvalue weighted by Gasteiger charge is -2.33. The van der Waals surface area contributed by atoms with Crippen LogP contribution in [0.4, 0.5) is 0 Å². The van der Waals surface area contributed by atoms with E-state index < -0.39 is 0 Å². The van der Waals surface area contributed by atoms with Crippen molar-refractivity contribution in [1.82, 2.24) is 5.43 Å². The molecule has 0 heterocycles. The predicted molar refractivity (Wildman–Crippen MR) is 91.1 cm³/mol. The maximum atomic E-state index is 5.86. The molecule has 0 radical (unpaired) electrons. The Bertz CT molecular complexity index is 433. The molecule has 1 aromatic rings. The molecule has 2 rings (SSSR count). The highest BCUT2D eigenvalue weighted by Gasteiger charge is 2.26. The second-order valence-electron chi connectivity index (χ2n) is 6.97. The number of nitrogens with one attached hydrogen (secondary N) is 1. The average molecular weight is 288 g/mol. The van der Waals surface area contributed by atoms with Crippen molar-refractivity contribution in [2.75, 3.05) is 0 Å². The third kappa shape index (κ3) is 4.55. The molecule has 2 heteroatoms. The molecule has 118 valence electrons. The molecule has 1 unspecified atom stereocenters. The highest BCUT2D eigenvalue weighted by atomic mass is 15.2. The maximum absolute atomic E-state index is 5.86. The minimum absolute atomic E-state index is 0.426. The van der Waals surface area contributed by atoms with Crippen LogP contribution in [0.15, 0.2) is 18.2 Å². The van der Waals surface area contributed by atoms with Crippen molar-refractivity contribution in [3.8, 4) is 0 Å². The molecule has 0 aromatic heterocycles. The van der Waals surface area contributed by atoms with Crippen LogP contribution in [0.1, 0.15) is 62.1 Å². The molecule has 0 amide bonds. The Hall–Kier alpha value is -0.860. The molecule has 0 aliphatic heterocycles. The van der Waals surface area contributed by atoms with Gasteiger partial charge in [0.25, 0.3) is 0 Å². The highest BCUT2D eigenvalue weighted by molar-refractivity contribution is 5.30. The van der Waals surface area contributed by atoms with Gasteiger partial charge in [0.05, 0.1) is 0 Å². The zero-order valence-electron chi connectivity index (χ0n) is 14.0. The summed E-state index contributed by atoms with van der Waals surface area (Å²) in [4.78, 5) is 0. The standard InChI is InChI=1S/C19H32N2/c1-4-5-16-8-10-18(11-9-16)19(21-20)13-17-7-6-14(2)15(3)12-17/h6-7,12,16,18-19,21H,4-5,8-11,13,20H2,1-3H3. The molecule has 1 aliphatic carbocycles. The third-order valence-electron chi connectivity index (χ3n) is 5.40. The summed E-state index contributed by atoms with van der Waals surface area (Å²) in [6.07, 6.45) is 9.25. The van der Waals surface area contributed by atoms with Crippen molar-refractivity contribution >= 4 is 0 Å². The normalized spacial score (nSPS) is 24.0. The van der Waals surface area contributed by atoms with Crippen molar-refractivity contribution < 1.29 is 0 Å². The van der Waals surface area contributed by atoms with Gasteiger partial charge < -0.3 is 0 Å². The van der Waals surface area contributed by atoms with Crippen LogP contribution < -0.4 is 11.3 Å². The zero-order chi connectivity index (χ0) is 15.2. The van der Waals surface area contributed by atoms with E-state index in [1.54, 1.807) is 0 Å². The van der Waals surface area contributed by atoms with Crippen LogP contribution in [-0.2, 0) is 6.42 Å². The number of rotatable bonds is 6. The van der Waals surface area contributed by atoms with Crippen LogP contribution >= 0.6 is 0 Å². The Kier molecular flexibility index (Phi) is 6.25. The number of hydrazine groups is 1. The summed E-state index contributed by atoms with van der Waals surface area (Å²) in [6, 6.07) is 7.24. The van der Waals surface area contributed by atoms with Crippen LogP contribution in [0.2, 0.25) is 0 Å². The molecule has 0 spiro atoms. The minimum Gasteiger partial charge on any atom is -0.271 e. The van der Waals surface area contributed by atoms with Gasteiger partial charge in [0.2, 0.25) is 0 Å². The summed E-state index contributed by atoms with van der Waals surface area (Å²) in [5.41, 5.74) is 7.27. The number of nitrogens with two attached hydrogens (primary N) is 1. The van der Waals surface area contributed by atoms with Gasteiger partial charge >= 0.3 is 0 Å². The lowest BCUT2D eigenvalue weighted by molar-refractivity contribution is 0.213.